The first-order valence-corrected chi connectivity index (χ1v) is 6.67. The van der Waals surface area contributed by atoms with E-state index in [1.54, 1.807) is 6.07 Å². The molecule has 0 aromatic heterocycles. The molecule has 0 bridgehead atoms. The van der Waals surface area contributed by atoms with Gasteiger partial charge in [-0.2, -0.15) is 0 Å². The molecule has 0 atom stereocenters. The van der Waals surface area contributed by atoms with Gasteiger partial charge in [0.25, 0.3) is 0 Å². The van der Waals surface area contributed by atoms with Crippen LogP contribution < -0.4 is 14.8 Å². The summed E-state index contributed by atoms with van der Waals surface area (Å²) >= 11 is 6.16. The Morgan fingerprint density at radius 1 is 1.15 bits per heavy atom. The zero-order chi connectivity index (χ0) is 13.9. The zero-order valence-corrected chi connectivity index (χ0v) is 11.4. The summed E-state index contributed by atoms with van der Waals surface area (Å²) in [6, 6.07) is 10.0. The monoisotopic (exact) mass is 293 g/mol. The van der Waals surface area contributed by atoms with Crippen LogP contribution in [-0.4, -0.2) is 13.2 Å². The van der Waals surface area contributed by atoms with Crippen molar-refractivity contribution in [3.05, 3.63) is 52.8 Å². The van der Waals surface area contributed by atoms with Crippen molar-refractivity contribution in [1.82, 2.24) is 0 Å². The van der Waals surface area contributed by atoms with Crippen molar-refractivity contribution in [2.75, 3.05) is 18.5 Å². The lowest BCUT2D eigenvalue weighted by molar-refractivity contribution is 0.171. The Morgan fingerprint density at radius 2 is 2.00 bits per heavy atom. The van der Waals surface area contributed by atoms with Crippen LogP contribution in [0.5, 0.6) is 11.5 Å². The van der Waals surface area contributed by atoms with Crippen LogP contribution in [0, 0.1) is 5.82 Å². The minimum Gasteiger partial charge on any atom is -0.486 e. The molecule has 0 aliphatic carbocycles. The third-order valence-corrected chi connectivity index (χ3v) is 3.26. The van der Waals surface area contributed by atoms with E-state index in [0.717, 1.165) is 11.3 Å². The second-order valence-electron chi connectivity index (χ2n) is 4.47. The van der Waals surface area contributed by atoms with Crippen molar-refractivity contribution in [3.63, 3.8) is 0 Å². The van der Waals surface area contributed by atoms with E-state index < -0.39 is 0 Å². The number of fused-ring (bicyclic) bond motifs is 1. The van der Waals surface area contributed by atoms with Crippen LogP contribution >= 0.6 is 11.6 Å². The summed E-state index contributed by atoms with van der Waals surface area (Å²) in [7, 11) is 0. The molecular formula is C15H13ClFNO2. The van der Waals surface area contributed by atoms with Crippen molar-refractivity contribution >= 4 is 17.3 Å². The van der Waals surface area contributed by atoms with E-state index in [1.807, 2.05) is 18.2 Å². The van der Waals surface area contributed by atoms with E-state index in [9.17, 15) is 4.39 Å². The second-order valence-corrected chi connectivity index (χ2v) is 4.87. The number of halogens is 2. The highest BCUT2D eigenvalue weighted by Gasteiger charge is 2.16. The summed E-state index contributed by atoms with van der Waals surface area (Å²) in [6.07, 6.45) is 0. The molecule has 3 nitrogen and oxygen atoms in total. The van der Waals surface area contributed by atoms with Crippen LogP contribution in [0.1, 0.15) is 5.56 Å². The normalized spacial score (nSPS) is 13.1. The fraction of sp³-hybridized carbons (Fsp3) is 0.200. The third kappa shape index (κ3) is 2.80. The Kier molecular flexibility index (Phi) is 3.65. The number of hydrogen-bond donors (Lipinski definition) is 1. The highest BCUT2D eigenvalue weighted by Crippen LogP contribution is 2.38. The molecule has 0 unspecified atom stereocenters. The molecule has 0 saturated heterocycles. The van der Waals surface area contributed by atoms with E-state index >= 15 is 0 Å². The highest BCUT2D eigenvalue weighted by molar-refractivity contribution is 6.32. The molecule has 2 aromatic rings. The lowest BCUT2D eigenvalue weighted by Crippen LogP contribution is -2.16. The van der Waals surface area contributed by atoms with Gasteiger partial charge in [0.15, 0.2) is 11.5 Å². The van der Waals surface area contributed by atoms with Gasteiger partial charge in [-0.3, -0.25) is 0 Å². The number of benzene rings is 2. The van der Waals surface area contributed by atoms with Gasteiger partial charge in [0.05, 0.1) is 5.02 Å². The van der Waals surface area contributed by atoms with Crippen molar-refractivity contribution in [2.24, 2.45) is 0 Å². The van der Waals surface area contributed by atoms with Crippen molar-refractivity contribution in [1.29, 1.82) is 0 Å². The largest absolute Gasteiger partial charge is 0.486 e. The maximum atomic E-state index is 13.1. The van der Waals surface area contributed by atoms with Gasteiger partial charge in [-0.25, -0.2) is 4.39 Å². The molecule has 0 amide bonds. The quantitative estimate of drug-likeness (QED) is 0.932. The maximum Gasteiger partial charge on any atom is 0.179 e. The van der Waals surface area contributed by atoms with Crippen molar-refractivity contribution in [2.45, 2.75) is 6.54 Å². The predicted octanol–water partition coefficient (Wildman–Crippen LogP) is 3.86. The van der Waals surface area contributed by atoms with E-state index in [-0.39, 0.29) is 5.82 Å². The average Bonchev–Trinajstić information content (AvgIpc) is 2.45. The molecule has 104 valence electrons. The molecule has 3 rings (SSSR count). The lowest BCUT2D eigenvalue weighted by Gasteiger charge is -2.20. The SMILES string of the molecule is Fc1cccc(NCc2cc(Cl)c3c(c2)OCCO3)c1. The molecule has 1 aliphatic rings. The Bertz CT molecular complexity index is 633. The smallest absolute Gasteiger partial charge is 0.179 e. The van der Waals surface area contributed by atoms with E-state index in [1.165, 1.54) is 12.1 Å². The molecule has 1 heterocycles. The number of nitrogens with one attached hydrogen (secondary N) is 1. The molecule has 5 heteroatoms. The van der Waals surface area contributed by atoms with Gasteiger partial charge in [-0.05, 0) is 35.9 Å². The molecule has 0 spiro atoms. The number of rotatable bonds is 3. The van der Waals surface area contributed by atoms with Gasteiger partial charge >= 0.3 is 0 Å². The molecule has 2 aromatic carbocycles. The molecule has 0 fully saturated rings. The van der Waals surface area contributed by atoms with E-state index in [4.69, 9.17) is 21.1 Å². The topological polar surface area (TPSA) is 30.5 Å². The van der Waals surface area contributed by atoms with Crippen LogP contribution in [-0.2, 0) is 6.54 Å². The highest BCUT2D eigenvalue weighted by atomic mass is 35.5. The molecule has 0 saturated carbocycles. The first-order valence-electron chi connectivity index (χ1n) is 6.30. The summed E-state index contributed by atoms with van der Waals surface area (Å²) in [5, 5.41) is 3.67. The molecule has 0 radical (unpaired) electrons. The molecular weight excluding hydrogens is 281 g/mol. The van der Waals surface area contributed by atoms with Crippen molar-refractivity contribution in [3.8, 4) is 11.5 Å². The number of ether oxygens (including phenoxy) is 2. The van der Waals surface area contributed by atoms with Crippen LogP contribution in [0.3, 0.4) is 0 Å². The van der Waals surface area contributed by atoms with E-state index in [0.29, 0.717) is 36.3 Å². The van der Waals surface area contributed by atoms with Crippen LogP contribution in [0.2, 0.25) is 5.02 Å². The van der Waals surface area contributed by atoms with Crippen LogP contribution in [0.25, 0.3) is 0 Å². The van der Waals surface area contributed by atoms with Gasteiger partial charge in [0.1, 0.15) is 19.0 Å². The maximum absolute atomic E-state index is 13.1. The van der Waals surface area contributed by atoms with Crippen LogP contribution in [0.15, 0.2) is 36.4 Å². The number of hydrogen-bond acceptors (Lipinski definition) is 3. The van der Waals surface area contributed by atoms with Crippen molar-refractivity contribution < 1.29 is 13.9 Å². The fourth-order valence-corrected chi connectivity index (χ4v) is 2.36. The Labute approximate surface area is 121 Å². The van der Waals surface area contributed by atoms with Gasteiger partial charge < -0.3 is 14.8 Å². The lowest BCUT2D eigenvalue weighted by atomic mass is 10.2. The Balaban J connectivity index is 1.76. The van der Waals surface area contributed by atoms with E-state index in [2.05, 4.69) is 5.32 Å². The Morgan fingerprint density at radius 3 is 2.85 bits per heavy atom. The predicted molar refractivity (Wildman–Crippen MR) is 76.2 cm³/mol. The van der Waals surface area contributed by atoms with Gasteiger partial charge in [0, 0.05) is 12.2 Å². The summed E-state index contributed by atoms with van der Waals surface area (Å²) in [4.78, 5) is 0. The second kappa shape index (κ2) is 5.59. The minimum atomic E-state index is -0.268. The summed E-state index contributed by atoms with van der Waals surface area (Å²) in [6.45, 7) is 1.55. The summed E-state index contributed by atoms with van der Waals surface area (Å²) < 4.78 is 24.1. The summed E-state index contributed by atoms with van der Waals surface area (Å²) in [5.41, 5.74) is 1.67. The fourth-order valence-electron chi connectivity index (χ4n) is 2.07. The standard InChI is InChI=1S/C15H13ClFNO2/c16-13-6-10(7-14-15(13)20-5-4-19-14)9-18-12-3-1-2-11(17)8-12/h1-3,6-8,18H,4-5,9H2. The molecule has 1 N–H and O–H groups in total. The summed E-state index contributed by atoms with van der Waals surface area (Å²) in [5.74, 6) is 0.974. The van der Waals surface area contributed by atoms with Gasteiger partial charge in [-0.1, -0.05) is 17.7 Å². The number of anilines is 1. The van der Waals surface area contributed by atoms with Gasteiger partial charge in [-0.15, -0.1) is 0 Å². The third-order valence-electron chi connectivity index (χ3n) is 2.98. The van der Waals surface area contributed by atoms with Gasteiger partial charge in [0.2, 0.25) is 0 Å². The Hall–Kier alpha value is -1.94. The molecule has 1 aliphatic heterocycles. The first kappa shape index (κ1) is 13.1. The first-order chi connectivity index (χ1) is 9.72. The van der Waals surface area contributed by atoms with Crippen LogP contribution in [0.4, 0.5) is 10.1 Å². The average molecular weight is 294 g/mol. The molecule has 20 heavy (non-hydrogen) atoms. The minimum absolute atomic E-state index is 0.268. The zero-order valence-electron chi connectivity index (χ0n) is 10.7.